The van der Waals surface area contributed by atoms with Crippen molar-refractivity contribution < 1.29 is 18.8 Å². The monoisotopic (exact) mass is 477 g/mol. The van der Waals surface area contributed by atoms with Gasteiger partial charge in [0.2, 0.25) is 5.72 Å². The summed E-state index contributed by atoms with van der Waals surface area (Å²) in [6.07, 6.45) is 6.56. The lowest BCUT2D eigenvalue weighted by Gasteiger charge is -2.39. The van der Waals surface area contributed by atoms with E-state index < -0.39 is 5.72 Å². The van der Waals surface area contributed by atoms with E-state index in [0.29, 0.717) is 17.9 Å². The summed E-state index contributed by atoms with van der Waals surface area (Å²) >= 11 is 1.63. The number of aldehydes is 1. The van der Waals surface area contributed by atoms with Crippen LogP contribution in [0.3, 0.4) is 0 Å². The Labute approximate surface area is 201 Å². The normalized spacial score (nSPS) is 20.6. The second-order valence-electron chi connectivity index (χ2n) is 8.33. The van der Waals surface area contributed by atoms with Gasteiger partial charge in [-0.1, -0.05) is 23.4 Å². The largest absolute Gasteiger partial charge is 0.496 e. The molecular weight excluding hydrogens is 453 g/mol. The van der Waals surface area contributed by atoms with Gasteiger partial charge in [-0.2, -0.15) is 0 Å². The van der Waals surface area contributed by atoms with Crippen LogP contribution >= 0.6 is 11.3 Å². The number of hydrogen-bond donors (Lipinski definition) is 0. The third-order valence-corrected chi connectivity index (χ3v) is 7.11. The number of piperidine rings is 1. The number of aromatic nitrogens is 1. The number of carbonyl (C=O) groups excluding carboxylic acids is 1. The van der Waals surface area contributed by atoms with E-state index in [9.17, 15) is 9.18 Å². The molecule has 1 fully saturated rings. The number of halogens is 1. The highest BCUT2D eigenvalue weighted by Crippen LogP contribution is 2.42. The summed E-state index contributed by atoms with van der Waals surface area (Å²) < 4.78 is 19.2. The lowest BCUT2D eigenvalue weighted by molar-refractivity contribution is -0.132. The van der Waals surface area contributed by atoms with E-state index in [-0.39, 0.29) is 12.2 Å². The number of aryl methyl sites for hydroxylation is 1. The number of nitrogens with zero attached hydrogens (tertiary/aromatic N) is 3. The minimum absolute atomic E-state index is 0.0919. The Morgan fingerprint density at radius 2 is 2.09 bits per heavy atom. The third kappa shape index (κ3) is 3.88. The van der Waals surface area contributed by atoms with Crippen LogP contribution in [0, 0.1) is 12.7 Å². The van der Waals surface area contributed by atoms with Crippen molar-refractivity contribution in [2.75, 3.05) is 13.7 Å². The molecule has 1 aromatic heterocycles. The van der Waals surface area contributed by atoms with Crippen molar-refractivity contribution >= 4 is 29.5 Å². The fourth-order valence-electron chi connectivity index (χ4n) is 4.53. The molecule has 8 heteroatoms. The number of benzene rings is 2. The second kappa shape index (κ2) is 9.02. The Balaban J connectivity index is 1.48. The van der Waals surface area contributed by atoms with E-state index >= 15 is 0 Å². The van der Waals surface area contributed by atoms with Crippen molar-refractivity contribution in [2.45, 2.75) is 31.9 Å². The van der Waals surface area contributed by atoms with Crippen molar-refractivity contribution in [2.24, 2.45) is 5.16 Å². The fraction of sp³-hybridized carbons (Fsp3) is 0.269. The molecule has 2 aliphatic heterocycles. The standard InChI is InChI=1S/C26H24FN3O3S/c1-17-16-28-25(34-17)22-10-5-18(15-23(22)32-2)14-19-4-3-12-30-24(19)29-33-26(30,11-13-31)20-6-8-21(27)9-7-20/h5-10,13-16H,3-4,11-12H2,1-2H3/b19-14+. The maximum atomic E-state index is 13.5. The van der Waals surface area contributed by atoms with Crippen molar-refractivity contribution in [1.82, 2.24) is 9.88 Å². The SMILES string of the molecule is COc1cc(/C=C2\CCCN3C2=NOC3(CC=O)c2ccc(F)cc2)ccc1-c1ncc(C)s1. The summed E-state index contributed by atoms with van der Waals surface area (Å²) in [7, 11) is 1.66. The first kappa shape index (κ1) is 22.3. The van der Waals surface area contributed by atoms with Crippen LogP contribution in [0.25, 0.3) is 16.6 Å². The molecule has 0 aliphatic carbocycles. The van der Waals surface area contributed by atoms with Crippen LogP contribution in [0.4, 0.5) is 4.39 Å². The number of amidine groups is 1. The number of carbonyl (C=O) groups is 1. The molecule has 0 bridgehead atoms. The van der Waals surface area contributed by atoms with Gasteiger partial charge in [-0.05, 0) is 61.2 Å². The first-order valence-electron chi connectivity index (χ1n) is 11.1. The molecule has 1 atom stereocenters. The van der Waals surface area contributed by atoms with Crippen LogP contribution < -0.4 is 4.74 Å². The Kier molecular flexibility index (Phi) is 5.91. The molecule has 1 saturated heterocycles. The topological polar surface area (TPSA) is 64.0 Å². The molecule has 0 N–H and O–H groups in total. The number of fused-ring (bicyclic) bond motifs is 1. The molecule has 0 saturated carbocycles. The van der Waals surface area contributed by atoms with Gasteiger partial charge in [0.05, 0.1) is 19.1 Å². The molecule has 1 unspecified atom stereocenters. The average molecular weight is 478 g/mol. The Morgan fingerprint density at radius 1 is 1.26 bits per heavy atom. The summed E-state index contributed by atoms with van der Waals surface area (Å²) in [5.41, 5.74) is 2.58. The van der Waals surface area contributed by atoms with Crippen LogP contribution in [0.5, 0.6) is 5.75 Å². The lowest BCUT2D eigenvalue weighted by atomic mass is 9.92. The highest BCUT2D eigenvalue weighted by Gasteiger charge is 2.49. The Hall–Kier alpha value is -3.52. The molecule has 0 amide bonds. The Morgan fingerprint density at radius 3 is 2.79 bits per heavy atom. The van der Waals surface area contributed by atoms with Gasteiger partial charge in [-0.25, -0.2) is 9.37 Å². The zero-order chi connectivity index (χ0) is 23.7. The van der Waals surface area contributed by atoms with Gasteiger partial charge in [0.15, 0.2) is 5.84 Å². The highest BCUT2D eigenvalue weighted by molar-refractivity contribution is 7.15. The van der Waals surface area contributed by atoms with Gasteiger partial charge >= 0.3 is 0 Å². The van der Waals surface area contributed by atoms with Crippen molar-refractivity contribution in [3.8, 4) is 16.3 Å². The van der Waals surface area contributed by atoms with E-state index in [1.165, 1.54) is 12.1 Å². The third-order valence-electron chi connectivity index (χ3n) is 6.16. The summed E-state index contributed by atoms with van der Waals surface area (Å²) in [5, 5.41) is 5.32. The summed E-state index contributed by atoms with van der Waals surface area (Å²) in [4.78, 5) is 25.2. The zero-order valence-corrected chi connectivity index (χ0v) is 19.8. The molecule has 6 nitrogen and oxygen atoms in total. The van der Waals surface area contributed by atoms with E-state index in [4.69, 9.17) is 9.57 Å². The molecule has 5 rings (SSSR count). The minimum atomic E-state index is -1.06. The molecule has 0 spiro atoms. The van der Waals surface area contributed by atoms with Gasteiger partial charge in [0, 0.05) is 23.2 Å². The Bertz CT molecular complexity index is 1280. The summed E-state index contributed by atoms with van der Waals surface area (Å²) in [6.45, 7) is 2.72. The molecule has 2 aromatic carbocycles. The maximum Gasteiger partial charge on any atom is 0.243 e. The van der Waals surface area contributed by atoms with E-state index in [1.807, 2.05) is 36.2 Å². The van der Waals surface area contributed by atoms with Crippen molar-refractivity contribution in [1.29, 1.82) is 0 Å². The van der Waals surface area contributed by atoms with Gasteiger partial charge in [-0.15, -0.1) is 11.3 Å². The number of thiazole rings is 1. The molecule has 174 valence electrons. The average Bonchev–Trinajstić information content (AvgIpc) is 3.45. The van der Waals surface area contributed by atoms with Gasteiger partial charge in [0.1, 0.15) is 22.9 Å². The molecular formula is C26H24FN3O3S. The minimum Gasteiger partial charge on any atom is -0.496 e. The smallest absolute Gasteiger partial charge is 0.243 e. The quantitative estimate of drug-likeness (QED) is 0.437. The zero-order valence-electron chi connectivity index (χ0n) is 19.0. The first-order chi connectivity index (χ1) is 16.5. The second-order valence-corrected chi connectivity index (χ2v) is 9.56. The first-order valence-corrected chi connectivity index (χ1v) is 11.9. The van der Waals surface area contributed by atoms with Crippen LogP contribution in [0.1, 0.15) is 35.3 Å². The van der Waals surface area contributed by atoms with Crippen LogP contribution in [0.15, 0.2) is 59.4 Å². The maximum absolute atomic E-state index is 13.5. The van der Waals surface area contributed by atoms with Crippen molar-refractivity contribution in [3.05, 3.63) is 76.1 Å². The summed E-state index contributed by atoms with van der Waals surface area (Å²) in [6, 6.07) is 12.1. The van der Waals surface area contributed by atoms with E-state index in [0.717, 1.165) is 51.5 Å². The summed E-state index contributed by atoms with van der Waals surface area (Å²) in [5.74, 6) is 1.12. The van der Waals surface area contributed by atoms with Crippen LogP contribution in [-0.2, 0) is 15.4 Å². The number of methoxy groups -OCH3 is 1. The fourth-order valence-corrected chi connectivity index (χ4v) is 5.33. The van der Waals surface area contributed by atoms with E-state index in [2.05, 4.69) is 16.2 Å². The molecule has 2 aliphatic rings. The number of hydrogen-bond acceptors (Lipinski definition) is 7. The number of rotatable bonds is 6. The van der Waals surface area contributed by atoms with Gasteiger partial charge in [0.25, 0.3) is 0 Å². The van der Waals surface area contributed by atoms with Gasteiger partial charge < -0.3 is 19.3 Å². The highest BCUT2D eigenvalue weighted by atomic mass is 32.1. The van der Waals surface area contributed by atoms with E-state index in [1.54, 1.807) is 30.6 Å². The number of oxime groups is 1. The molecule has 0 radical (unpaired) electrons. The molecule has 34 heavy (non-hydrogen) atoms. The predicted octanol–water partition coefficient (Wildman–Crippen LogP) is 5.53. The van der Waals surface area contributed by atoms with Crippen LogP contribution in [0.2, 0.25) is 0 Å². The van der Waals surface area contributed by atoms with Crippen LogP contribution in [-0.4, -0.2) is 35.7 Å². The van der Waals surface area contributed by atoms with Crippen molar-refractivity contribution in [3.63, 3.8) is 0 Å². The molecule has 3 aromatic rings. The lowest BCUT2D eigenvalue weighted by Crippen LogP contribution is -2.49. The number of ether oxygens (including phenoxy) is 1. The molecule has 3 heterocycles. The van der Waals surface area contributed by atoms with Gasteiger partial charge in [-0.3, -0.25) is 0 Å². The predicted molar refractivity (Wildman–Crippen MR) is 130 cm³/mol.